The van der Waals surface area contributed by atoms with E-state index in [4.69, 9.17) is 11.6 Å². The Balaban J connectivity index is 1.94. The van der Waals surface area contributed by atoms with E-state index >= 15 is 0 Å². The minimum atomic E-state index is 0.221. The van der Waals surface area contributed by atoms with E-state index in [1.165, 1.54) is 0 Å². The first-order chi connectivity index (χ1) is 8.33. The lowest BCUT2D eigenvalue weighted by molar-refractivity contribution is 0.575. The zero-order valence-electron chi connectivity index (χ0n) is 9.51. The van der Waals surface area contributed by atoms with Crippen LogP contribution in [0.2, 0.25) is 0 Å². The van der Waals surface area contributed by atoms with Gasteiger partial charge in [0.05, 0.1) is 10.9 Å². The zero-order chi connectivity index (χ0) is 11.7. The predicted molar refractivity (Wildman–Crippen MR) is 70.6 cm³/mol. The predicted octanol–water partition coefficient (Wildman–Crippen LogP) is 2.84. The molecule has 1 aromatic carbocycles. The van der Waals surface area contributed by atoms with Gasteiger partial charge in [0.1, 0.15) is 0 Å². The summed E-state index contributed by atoms with van der Waals surface area (Å²) in [4.78, 5) is 11.2. The minimum Gasteiger partial charge on any atom is -0.339 e. The Hall–Kier alpha value is -1.35. The van der Waals surface area contributed by atoms with Gasteiger partial charge in [0.2, 0.25) is 5.95 Å². The van der Waals surface area contributed by atoms with Crippen LogP contribution in [0.25, 0.3) is 10.9 Å². The maximum atomic E-state index is 6.18. The number of anilines is 1. The third-order valence-corrected chi connectivity index (χ3v) is 3.48. The molecule has 0 amide bonds. The van der Waals surface area contributed by atoms with Gasteiger partial charge in [-0.2, -0.15) is 0 Å². The standard InChI is InChI=1S/C13H14ClN3/c14-11-5-3-7-17(9-11)13-15-8-10-4-1-2-6-12(10)16-13/h1-2,4,6,8,11H,3,5,7,9H2. The number of benzene rings is 1. The van der Waals surface area contributed by atoms with Crippen LogP contribution in [-0.2, 0) is 0 Å². The lowest BCUT2D eigenvalue weighted by atomic mass is 10.1. The fraction of sp³-hybridized carbons (Fsp3) is 0.385. The number of rotatable bonds is 1. The molecule has 3 nitrogen and oxygen atoms in total. The number of para-hydroxylation sites is 1. The summed E-state index contributed by atoms with van der Waals surface area (Å²) in [6.45, 7) is 1.85. The fourth-order valence-electron chi connectivity index (χ4n) is 2.22. The van der Waals surface area contributed by atoms with Gasteiger partial charge in [-0.05, 0) is 18.9 Å². The average Bonchev–Trinajstić information content (AvgIpc) is 2.38. The van der Waals surface area contributed by atoms with E-state index in [2.05, 4.69) is 14.9 Å². The Morgan fingerprint density at radius 3 is 3.06 bits per heavy atom. The second-order valence-corrected chi connectivity index (χ2v) is 5.03. The molecule has 1 atom stereocenters. The summed E-state index contributed by atoms with van der Waals surface area (Å²) < 4.78 is 0. The first-order valence-corrected chi connectivity index (χ1v) is 6.37. The summed E-state index contributed by atoms with van der Waals surface area (Å²) in [5, 5.41) is 1.30. The Labute approximate surface area is 105 Å². The Morgan fingerprint density at radius 2 is 2.18 bits per heavy atom. The molecule has 1 aliphatic heterocycles. The molecule has 0 aliphatic carbocycles. The highest BCUT2D eigenvalue weighted by atomic mass is 35.5. The molecule has 17 heavy (non-hydrogen) atoms. The lowest BCUT2D eigenvalue weighted by Crippen LogP contribution is -2.37. The first-order valence-electron chi connectivity index (χ1n) is 5.94. The van der Waals surface area contributed by atoms with Crippen molar-refractivity contribution in [1.29, 1.82) is 0 Å². The number of piperidine rings is 1. The van der Waals surface area contributed by atoms with Gasteiger partial charge in [-0.15, -0.1) is 11.6 Å². The summed E-state index contributed by atoms with van der Waals surface area (Å²) in [6.07, 6.45) is 4.09. The minimum absolute atomic E-state index is 0.221. The van der Waals surface area contributed by atoms with Gasteiger partial charge < -0.3 is 4.90 Å². The van der Waals surface area contributed by atoms with Gasteiger partial charge in [-0.1, -0.05) is 18.2 Å². The van der Waals surface area contributed by atoms with E-state index in [1.54, 1.807) is 0 Å². The molecule has 2 aromatic rings. The molecule has 1 aromatic heterocycles. The third-order valence-electron chi connectivity index (χ3n) is 3.12. The fourth-order valence-corrected chi connectivity index (χ4v) is 2.54. The van der Waals surface area contributed by atoms with Crippen LogP contribution in [0.1, 0.15) is 12.8 Å². The van der Waals surface area contributed by atoms with Crippen molar-refractivity contribution in [3.05, 3.63) is 30.5 Å². The normalized spacial score (nSPS) is 20.8. The largest absolute Gasteiger partial charge is 0.339 e. The summed E-state index contributed by atoms with van der Waals surface area (Å²) in [7, 11) is 0. The van der Waals surface area contributed by atoms with E-state index < -0.39 is 0 Å². The van der Waals surface area contributed by atoms with Gasteiger partial charge in [0, 0.05) is 24.7 Å². The van der Waals surface area contributed by atoms with Crippen LogP contribution in [0.5, 0.6) is 0 Å². The molecule has 1 unspecified atom stereocenters. The van der Waals surface area contributed by atoms with Crippen LogP contribution in [0.4, 0.5) is 5.95 Å². The third kappa shape index (κ3) is 2.20. The van der Waals surface area contributed by atoms with E-state index in [1.807, 2.05) is 30.5 Å². The number of hydrogen-bond acceptors (Lipinski definition) is 3. The van der Waals surface area contributed by atoms with E-state index in [0.717, 1.165) is 42.8 Å². The monoisotopic (exact) mass is 247 g/mol. The zero-order valence-corrected chi connectivity index (χ0v) is 10.3. The number of alkyl halides is 1. The molecule has 1 fully saturated rings. The molecule has 0 radical (unpaired) electrons. The topological polar surface area (TPSA) is 29.0 Å². The molecule has 1 aliphatic rings. The molecular formula is C13H14ClN3. The second-order valence-electron chi connectivity index (χ2n) is 4.41. The molecule has 3 rings (SSSR count). The molecule has 0 saturated carbocycles. The number of hydrogen-bond donors (Lipinski definition) is 0. The maximum absolute atomic E-state index is 6.18. The van der Waals surface area contributed by atoms with Crippen molar-refractivity contribution in [3.8, 4) is 0 Å². The summed E-state index contributed by atoms with van der Waals surface area (Å²) in [5.74, 6) is 0.800. The van der Waals surface area contributed by atoms with Gasteiger partial charge in [0.15, 0.2) is 0 Å². The van der Waals surface area contributed by atoms with Crippen molar-refractivity contribution < 1.29 is 0 Å². The van der Waals surface area contributed by atoms with Crippen LogP contribution in [0.3, 0.4) is 0 Å². The highest BCUT2D eigenvalue weighted by molar-refractivity contribution is 6.21. The SMILES string of the molecule is ClC1CCCN(c2ncc3ccccc3n2)C1. The summed E-state index contributed by atoms with van der Waals surface area (Å²) >= 11 is 6.18. The first kappa shape index (κ1) is 10.8. The second kappa shape index (κ2) is 4.49. The van der Waals surface area contributed by atoms with Crippen molar-refractivity contribution in [2.24, 2.45) is 0 Å². The van der Waals surface area contributed by atoms with E-state index in [0.29, 0.717) is 0 Å². The van der Waals surface area contributed by atoms with Crippen LogP contribution in [0.15, 0.2) is 30.5 Å². The van der Waals surface area contributed by atoms with Crippen LogP contribution >= 0.6 is 11.6 Å². The van der Waals surface area contributed by atoms with Crippen molar-refractivity contribution in [3.63, 3.8) is 0 Å². The van der Waals surface area contributed by atoms with E-state index in [-0.39, 0.29) is 5.38 Å². The Bertz CT molecular complexity index is 529. The molecule has 88 valence electrons. The molecular weight excluding hydrogens is 234 g/mol. The molecule has 0 N–H and O–H groups in total. The van der Waals surface area contributed by atoms with Crippen LogP contribution in [0, 0.1) is 0 Å². The van der Waals surface area contributed by atoms with Crippen molar-refractivity contribution >= 4 is 28.5 Å². The molecule has 0 spiro atoms. The average molecular weight is 248 g/mol. The van der Waals surface area contributed by atoms with Crippen LogP contribution in [-0.4, -0.2) is 28.4 Å². The highest BCUT2D eigenvalue weighted by Gasteiger charge is 2.19. The molecule has 1 saturated heterocycles. The smallest absolute Gasteiger partial charge is 0.225 e. The Kier molecular flexibility index (Phi) is 2.85. The quantitative estimate of drug-likeness (QED) is 0.726. The highest BCUT2D eigenvalue weighted by Crippen LogP contribution is 2.21. The van der Waals surface area contributed by atoms with Gasteiger partial charge in [-0.25, -0.2) is 9.97 Å². The molecule has 2 heterocycles. The van der Waals surface area contributed by atoms with Crippen LogP contribution < -0.4 is 4.90 Å². The van der Waals surface area contributed by atoms with Gasteiger partial charge >= 0.3 is 0 Å². The van der Waals surface area contributed by atoms with Crippen molar-refractivity contribution in [2.75, 3.05) is 18.0 Å². The van der Waals surface area contributed by atoms with Crippen molar-refractivity contribution in [1.82, 2.24) is 9.97 Å². The molecule has 0 bridgehead atoms. The Morgan fingerprint density at radius 1 is 1.29 bits per heavy atom. The number of halogens is 1. The summed E-state index contributed by atoms with van der Waals surface area (Å²) in [5.41, 5.74) is 0.995. The van der Waals surface area contributed by atoms with Crippen molar-refractivity contribution in [2.45, 2.75) is 18.2 Å². The lowest BCUT2D eigenvalue weighted by Gasteiger charge is -2.29. The number of aromatic nitrogens is 2. The van der Waals surface area contributed by atoms with Gasteiger partial charge in [0.25, 0.3) is 0 Å². The number of fused-ring (bicyclic) bond motifs is 1. The maximum Gasteiger partial charge on any atom is 0.225 e. The summed E-state index contributed by atoms with van der Waals surface area (Å²) in [6, 6.07) is 8.04. The molecule has 4 heteroatoms. The number of nitrogens with zero attached hydrogens (tertiary/aromatic N) is 3. The van der Waals surface area contributed by atoms with Gasteiger partial charge in [-0.3, -0.25) is 0 Å². The van der Waals surface area contributed by atoms with E-state index in [9.17, 15) is 0 Å².